The van der Waals surface area contributed by atoms with Crippen LogP contribution in [0.15, 0.2) is 0 Å². The van der Waals surface area contributed by atoms with Crippen LogP contribution in [0, 0.1) is 0 Å². The lowest BCUT2D eigenvalue weighted by Crippen LogP contribution is -2.43. The van der Waals surface area contributed by atoms with Crippen molar-refractivity contribution in [3.8, 4) is 0 Å². The van der Waals surface area contributed by atoms with Crippen molar-refractivity contribution in [3.63, 3.8) is 0 Å². The first-order valence-electron chi connectivity index (χ1n) is 6.74. The van der Waals surface area contributed by atoms with Gasteiger partial charge in [0.05, 0.1) is 12.2 Å². The number of hydrogen-bond acceptors (Lipinski definition) is 5. The van der Waals surface area contributed by atoms with Crippen molar-refractivity contribution in [1.29, 1.82) is 0 Å². The zero-order valence-electron chi connectivity index (χ0n) is 12.3. The largest absolute Gasteiger partial charge is 0.480 e. The molecule has 1 rings (SSSR count). The van der Waals surface area contributed by atoms with Crippen molar-refractivity contribution >= 4 is 5.97 Å². The van der Waals surface area contributed by atoms with Crippen LogP contribution >= 0.6 is 0 Å². The second kappa shape index (κ2) is 7.79. The zero-order valence-corrected chi connectivity index (χ0v) is 12.3. The van der Waals surface area contributed by atoms with Crippen molar-refractivity contribution in [2.75, 3.05) is 33.9 Å². The third-order valence-corrected chi connectivity index (χ3v) is 3.46. The number of likely N-dealkylation sites (tertiary alicyclic amines) is 1. The van der Waals surface area contributed by atoms with Crippen LogP contribution in [0.1, 0.15) is 20.3 Å². The number of aliphatic carboxylic acids is 1. The Kier molecular flexibility index (Phi) is 6.71. The van der Waals surface area contributed by atoms with Crippen LogP contribution in [0.4, 0.5) is 0 Å². The molecule has 0 radical (unpaired) electrons. The minimum atomic E-state index is -0.792. The van der Waals surface area contributed by atoms with E-state index in [1.54, 1.807) is 14.2 Å². The van der Waals surface area contributed by atoms with Crippen LogP contribution in [-0.4, -0.2) is 74.1 Å². The molecule has 1 aliphatic heterocycles. The summed E-state index contributed by atoms with van der Waals surface area (Å²) >= 11 is 0. The van der Waals surface area contributed by atoms with Gasteiger partial charge in [-0.3, -0.25) is 9.69 Å². The fourth-order valence-electron chi connectivity index (χ4n) is 2.45. The van der Waals surface area contributed by atoms with E-state index in [0.29, 0.717) is 6.42 Å². The van der Waals surface area contributed by atoms with E-state index in [1.165, 1.54) is 0 Å². The molecule has 2 N–H and O–H groups in total. The topological polar surface area (TPSA) is 71.0 Å². The van der Waals surface area contributed by atoms with Gasteiger partial charge in [-0.15, -0.1) is 0 Å². The molecule has 0 aliphatic carbocycles. The Balaban J connectivity index is 2.41. The molecule has 19 heavy (non-hydrogen) atoms. The fourth-order valence-corrected chi connectivity index (χ4v) is 2.45. The SMILES string of the molecule is COC1CN(CCC(NC(C)C)C(=O)O)CC1OC. The average molecular weight is 274 g/mol. The predicted octanol–water partition coefficient (Wildman–Crippen LogP) is 0.173. The first-order chi connectivity index (χ1) is 8.97. The molecule has 0 saturated carbocycles. The zero-order chi connectivity index (χ0) is 14.4. The highest BCUT2D eigenvalue weighted by Gasteiger charge is 2.33. The first-order valence-corrected chi connectivity index (χ1v) is 6.74. The van der Waals surface area contributed by atoms with E-state index in [4.69, 9.17) is 14.6 Å². The lowest BCUT2D eigenvalue weighted by atomic mass is 10.2. The highest BCUT2D eigenvalue weighted by Crippen LogP contribution is 2.16. The smallest absolute Gasteiger partial charge is 0.320 e. The molecule has 0 bridgehead atoms. The molecule has 1 saturated heterocycles. The lowest BCUT2D eigenvalue weighted by Gasteiger charge is -2.21. The van der Waals surface area contributed by atoms with Gasteiger partial charge in [-0.25, -0.2) is 0 Å². The highest BCUT2D eigenvalue weighted by molar-refractivity contribution is 5.73. The van der Waals surface area contributed by atoms with Gasteiger partial charge in [0.25, 0.3) is 0 Å². The summed E-state index contributed by atoms with van der Waals surface area (Å²) in [7, 11) is 3.36. The van der Waals surface area contributed by atoms with Crippen LogP contribution in [0.3, 0.4) is 0 Å². The Morgan fingerprint density at radius 2 is 1.84 bits per heavy atom. The number of rotatable bonds is 8. The minimum Gasteiger partial charge on any atom is -0.480 e. The summed E-state index contributed by atoms with van der Waals surface area (Å²) in [5.41, 5.74) is 0. The van der Waals surface area contributed by atoms with Crippen molar-refractivity contribution < 1.29 is 19.4 Å². The molecular formula is C13H26N2O4. The Labute approximate surface area is 115 Å². The molecule has 0 aromatic heterocycles. The van der Waals surface area contributed by atoms with Crippen molar-refractivity contribution in [1.82, 2.24) is 10.2 Å². The molecule has 0 amide bonds. The van der Waals surface area contributed by atoms with Crippen molar-refractivity contribution in [2.45, 2.75) is 44.6 Å². The second-order valence-electron chi connectivity index (χ2n) is 5.31. The molecule has 3 atom stereocenters. The van der Waals surface area contributed by atoms with Gasteiger partial charge in [0.1, 0.15) is 6.04 Å². The van der Waals surface area contributed by atoms with E-state index in [0.717, 1.165) is 19.6 Å². The van der Waals surface area contributed by atoms with E-state index < -0.39 is 12.0 Å². The summed E-state index contributed by atoms with van der Waals surface area (Å²) in [4.78, 5) is 13.3. The van der Waals surface area contributed by atoms with Gasteiger partial charge in [-0.1, -0.05) is 13.8 Å². The number of nitrogens with one attached hydrogen (secondary N) is 1. The second-order valence-corrected chi connectivity index (χ2v) is 5.31. The molecule has 0 aromatic carbocycles. The number of nitrogens with zero attached hydrogens (tertiary/aromatic N) is 1. The number of methoxy groups -OCH3 is 2. The van der Waals surface area contributed by atoms with Crippen LogP contribution < -0.4 is 5.32 Å². The number of carboxylic acid groups (broad SMARTS) is 1. The van der Waals surface area contributed by atoms with E-state index in [-0.39, 0.29) is 18.2 Å². The van der Waals surface area contributed by atoms with E-state index >= 15 is 0 Å². The van der Waals surface area contributed by atoms with E-state index in [1.807, 2.05) is 13.8 Å². The molecule has 112 valence electrons. The maximum absolute atomic E-state index is 11.2. The summed E-state index contributed by atoms with van der Waals surface area (Å²) in [6, 6.07) is -0.333. The Hall–Kier alpha value is -0.690. The summed E-state index contributed by atoms with van der Waals surface area (Å²) in [6.07, 6.45) is 0.734. The van der Waals surface area contributed by atoms with Crippen LogP contribution in [0.5, 0.6) is 0 Å². The van der Waals surface area contributed by atoms with Crippen LogP contribution in [-0.2, 0) is 14.3 Å². The van der Waals surface area contributed by atoms with Crippen molar-refractivity contribution in [2.24, 2.45) is 0 Å². The Bertz CT molecular complexity index is 274. The number of carboxylic acids is 1. The quantitative estimate of drug-likeness (QED) is 0.657. The average Bonchev–Trinajstić information content (AvgIpc) is 2.76. The normalized spacial score (nSPS) is 25.9. The Morgan fingerprint density at radius 1 is 1.32 bits per heavy atom. The molecule has 0 aromatic rings. The molecule has 1 aliphatic rings. The standard InChI is InChI=1S/C13H26N2O4/c1-9(2)14-10(13(16)17)5-6-15-7-11(18-3)12(8-15)19-4/h9-12,14H,5-8H2,1-4H3,(H,16,17). The maximum Gasteiger partial charge on any atom is 0.320 e. The third kappa shape index (κ3) is 5.06. The summed E-state index contributed by atoms with van der Waals surface area (Å²) in [5, 5.41) is 12.2. The van der Waals surface area contributed by atoms with Gasteiger partial charge in [0, 0.05) is 39.9 Å². The van der Waals surface area contributed by atoms with Gasteiger partial charge in [-0.05, 0) is 6.42 Å². The summed E-state index contributed by atoms with van der Waals surface area (Å²) in [6.45, 7) is 6.23. The molecule has 1 fully saturated rings. The van der Waals surface area contributed by atoms with Crippen LogP contribution in [0.2, 0.25) is 0 Å². The summed E-state index contributed by atoms with van der Waals surface area (Å²) in [5.74, 6) is -0.792. The molecular weight excluding hydrogens is 248 g/mol. The first kappa shape index (κ1) is 16.4. The van der Waals surface area contributed by atoms with E-state index in [2.05, 4.69) is 10.2 Å². The summed E-state index contributed by atoms with van der Waals surface area (Å²) < 4.78 is 10.7. The Morgan fingerprint density at radius 3 is 2.21 bits per heavy atom. The maximum atomic E-state index is 11.2. The molecule has 1 heterocycles. The monoisotopic (exact) mass is 274 g/mol. The van der Waals surface area contributed by atoms with Crippen LogP contribution in [0.25, 0.3) is 0 Å². The van der Waals surface area contributed by atoms with Gasteiger partial charge < -0.3 is 19.9 Å². The fraction of sp³-hybridized carbons (Fsp3) is 0.923. The van der Waals surface area contributed by atoms with E-state index in [9.17, 15) is 4.79 Å². The van der Waals surface area contributed by atoms with Crippen molar-refractivity contribution in [3.05, 3.63) is 0 Å². The lowest BCUT2D eigenvalue weighted by molar-refractivity contribution is -0.139. The molecule has 3 unspecified atom stereocenters. The number of ether oxygens (including phenoxy) is 2. The van der Waals surface area contributed by atoms with Gasteiger partial charge in [-0.2, -0.15) is 0 Å². The van der Waals surface area contributed by atoms with Gasteiger partial charge >= 0.3 is 5.97 Å². The molecule has 6 nitrogen and oxygen atoms in total. The minimum absolute atomic E-state index is 0.0753. The molecule has 6 heteroatoms. The third-order valence-electron chi connectivity index (χ3n) is 3.46. The number of hydrogen-bond donors (Lipinski definition) is 2. The highest BCUT2D eigenvalue weighted by atomic mass is 16.5. The van der Waals surface area contributed by atoms with Gasteiger partial charge in [0.15, 0.2) is 0 Å². The number of carbonyl (C=O) groups is 1. The van der Waals surface area contributed by atoms with Gasteiger partial charge in [0.2, 0.25) is 0 Å². The predicted molar refractivity (Wildman–Crippen MR) is 72.3 cm³/mol. The molecule has 0 spiro atoms.